The minimum atomic E-state index is -0.524. The van der Waals surface area contributed by atoms with Crippen LogP contribution in [0.15, 0.2) is 48.0 Å². The molecule has 2 aromatic carbocycles. The summed E-state index contributed by atoms with van der Waals surface area (Å²) in [6, 6.07) is 13.0. The fourth-order valence-corrected chi connectivity index (χ4v) is 2.08. The van der Waals surface area contributed by atoms with E-state index in [9.17, 15) is 20.2 Å². The van der Waals surface area contributed by atoms with Crippen molar-refractivity contribution in [1.82, 2.24) is 0 Å². The number of carbonyl (C=O) groups is 1. The van der Waals surface area contributed by atoms with Crippen LogP contribution in [0.25, 0.3) is 6.08 Å². The van der Waals surface area contributed by atoms with E-state index in [1.807, 2.05) is 32.0 Å². The number of nitro groups is 1. The van der Waals surface area contributed by atoms with Gasteiger partial charge >= 0.3 is 0 Å². The summed E-state index contributed by atoms with van der Waals surface area (Å²) in [6.45, 7) is 3.82. The molecule has 1 amide bonds. The van der Waals surface area contributed by atoms with Gasteiger partial charge in [-0.2, -0.15) is 5.26 Å². The van der Waals surface area contributed by atoms with E-state index in [-0.39, 0.29) is 11.3 Å². The van der Waals surface area contributed by atoms with Crippen molar-refractivity contribution in [1.29, 1.82) is 5.26 Å². The maximum absolute atomic E-state index is 12.3. The number of nitrogens with one attached hydrogen (secondary N) is 1. The highest BCUT2D eigenvalue weighted by Gasteiger charge is 2.12. The van der Waals surface area contributed by atoms with E-state index in [2.05, 4.69) is 5.32 Å². The lowest BCUT2D eigenvalue weighted by molar-refractivity contribution is -0.384. The number of aryl methyl sites for hydroxylation is 1. The second-order valence-electron chi connectivity index (χ2n) is 5.22. The zero-order valence-electron chi connectivity index (χ0n) is 13.2. The molecular weight excluding hydrogens is 306 g/mol. The summed E-state index contributed by atoms with van der Waals surface area (Å²) < 4.78 is 0. The van der Waals surface area contributed by atoms with Gasteiger partial charge in [-0.05, 0) is 54.8 Å². The smallest absolute Gasteiger partial charge is 0.269 e. The van der Waals surface area contributed by atoms with E-state index in [0.29, 0.717) is 11.3 Å². The van der Waals surface area contributed by atoms with Gasteiger partial charge in [0.15, 0.2) is 0 Å². The Morgan fingerprint density at radius 2 is 1.88 bits per heavy atom. The van der Waals surface area contributed by atoms with E-state index in [4.69, 9.17) is 0 Å². The third kappa shape index (κ3) is 3.84. The van der Waals surface area contributed by atoms with Gasteiger partial charge in [0, 0.05) is 17.8 Å². The van der Waals surface area contributed by atoms with Crippen LogP contribution < -0.4 is 5.32 Å². The molecule has 0 atom stereocenters. The van der Waals surface area contributed by atoms with E-state index in [1.54, 1.807) is 6.07 Å². The summed E-state index contributed by atoms with van der Waals surface area (Å²) in [5.74, 6) is -0.524. The molecule has 24 heavy (non-hydrogen) atoms. The molecule has 1 N–H and O–H groups in total. The first kappa shape index (κ1) is 16.9. The van der Waals surface area contributed by atoms with Crippen LogP contribution >= 0.6 is 0 Å². The Morgan fingerprint density at radius 3 is 2.46 bits per heavy atom. The molecule has 0 aliphatic carbocycles. The number of rotatable bonds is 4. The number of hydrogen-bond acceptors (Lipinski definition) is 4. The number of amides is 1. The fourth-order valence-electron chi connectivity index (χ4n) is 2.08. The lowest BCUT2D eigenvalue weighted by Crippen LogP contribution is -2.14. The van der Waals surface area contributed by atoms with Crippen molar-refractivity contribution in [2.45, 2.75) is 13.8 Å². The Kier molecular flexibility index (Phi) is 5.07. The predicted molar refractivity (Wildman–Crippen MR) is 91.2 cm³/mol. The first-order valence-electron chi connectivity index (χ1n) is 7.16. The zero-order chi connectivity index (χ0) is 17.7. The minimum absolute atomic E-state index is 0.0505. The Balaban J connectivity index is 2.24. The SMILES string of the molecule is Cc1cccc(NC(=O)C(C#N)=Cc2ccc([N+](=O)[O-])cc2)c1C. The van der Waals surface area contributed by atoms with Gasteiger partial charge in [0.1, 0.15) is 11.6 Å². The summed E-state index contributed by atoms with van der Waals surface area (Å²) in [7, 11) is 0. The van der Waals surface area contributed by atoms with Crippen LogP contribution in [0.1, 0.15) is 16.7 Å². The van der Waals surface area contributed by atoms with E-state index in [1.165, 1.54) is 30.3 Å². The fraction of sp³-hybridized carbons (Fsp3) is 0.111. The summed E-state index contributed by atoms with van der Waals surface area (Å²) in [6.07, 6.45) is 1.39. The van der Waals surface area contributed by atoms with Gasteiger partial charge < -0.3 is 5.32 Å². The molecule has 0 radical (unpaired) electrons. The maximum Gasteiger partial charge on any atom is 0.269 e. The molecule has 0 saturated heterocycles. The molecule has 0 aliphatic rings. The minimum Gasteiger partial charge on any atom is -0.321 e. The molecule has 0 unspecified atom stereocenters. The lowest BCUT2D eigenvalue weighted by Gasteiger charge is -2.09. The van der Waals surface area contributed by atoms with Crippen molar-refractivity contribution in [3.63, 3.8) is 0 Å². The Bertz CT molecular complexity index is 862. The van der Waals surface area contributed by atoms with Crippen LogP contribution in [0.3, 0.4) is 0 Å². The van der Waals surface area contributed by atoms with Gasteiger partial charge in [0.05, 0.1) is 4.92 Å². The van der Waals surface area contributed by atoms with Crippen LogP contribution in [0.5, 0.6) is 0 Å². The molecule has 0 fully saturated rings. The van der Waals surface area contributed by atoms with Crippen LogP contribution in [-0.2, 0) is 4.79 Å². The summed E-state index contributed by atoms with van der Waals surface area (Å²) >= 11 is 0. The molecule has 2 aromatic rings. The van der Waals surface area contributed by atoms with Gasteiger partial charge in [-0.25, -0.2) is 0 Å². The van der Waals surface area contributed by atoms with Crippen LogP contribution in [0, 0.1) is 35.3 Å². The van der Waals surface area contributed by atoms with E-state index in [0.717, 1.165) is 11.1 Å². The molecule has 0 bridgehead atoms. The molecule has 0 heterocycles. The van der Waals surface area contributed by atoms with E-state index < -0.39 is 10.8 Å². The average molecular weight is 321 g/mol. The number of nitriles is 1. The molecule has 2 rings (SSSR count). The van der Waals surface area contributed by atoms with Crippen molar-refractivity contribution in [2.75, 3.05) is 5.32 Å². The van der Waals surface area contributed by atoms with Crippen LogP contribution in [-0.4, -0.2) is 10.8 Å². The topological polar surface area (TPSA) is 96.0 Å². The largest absolute Gasteiger partial charge is 0.321 e. The summed E-state index contributed by atoms with van der Waals surface area (Å²) in [5, 5.41) is 22.6. The number of hydrogen-bond donors (Lipinski definition) is 1. The van der Waals surface area contributed by atoms with Crippen LogP contribution in [0.4, 0.5) is 11.4 Å². The second kappa shape index (κ2) is 7.20. The number of nitrogens with zero attached hydrogens (tertiary/aromatic N) is 2. The zero-order valence-corrected chi connectivity index (χ0v) is 13.2. The van der Waals surface area contributed by atoms with Gasteiger partial charge in [0.25, 0.3) is 11.6 Å². The molecule has 0 saturated carbocycles. The van der Waals surface area contributed by atoms with Crippen molar-refractivity contribution in [3.05, 3.63) is 74.8 Å². The molecule has 0 spiro atoms. The van der Waals surface area contributed by atoms with Gasteiger partial charge in [-0.1, -0.05) is 12.1 Å². The second-order valence-corrected chi connectivity index (χ2v) is 5.22. The van der Waals surface area contributed by atoms with Crippen molar-refractivity contribution >= 4 is 23.4 Å². The third-order valence-corrected chi connectivity index (χ3v) is 3.63. The highest BCUT2D eigenvalue weighted by atomic mass is 16.6. The summed E-state index contributed by atoms with van der Waals surface area (Å²) in [5.41, 5.74) is 3.01. The van der Waals surface area contributed by atoms with Gasteiger partial charge in [-0.15, -0.1) is 0 Å². The molecule has 6 heteroatoms. The molecule has 120 valence electrons. The Morgan fingerprint density at radius 1 is 1.21 bits per heavy atom. The molecule has 6 nitrogen and oxygen atoms in total. The average Bonchev–Trinajstić information content (AvgIpc) is 2.57. The Labute approximate surface area is 139 Å². The normalized spacial score (nSPS) is 10.8. The van der Waals surface area contributed by atoms with Crippen molar-refractivity contribution in [3.8, 4) is 6.07 Å². The quantitative estimate of drug-likeness (QED) is 0.401. The number of carbonyl (C=O) groups excluding carboxylic acids is 1. The van der Waals surface area contributed by atoms with Crippen molar-refractivity contribution in [2.24, 2.45) is 0 Å². The first-order chi connectivity index (χ1) is 11.4. The number of anilines is 1. The molecular formula is C18H15N3O3. The standard InChI is InChI=1S/C18H15N3O3/c1-12-4-3-5-17(13(12)2)20-18(22)15(11-19)10-14-6-8-16(9-7-14)21(23)24/h3-10H,1-2H3,(H,20,22). The number of benzene rings is 2. The molecule has 0 aliphatic heterocycles. The molecule has 0 aromatic heterocycles. The van der Waals surface area contributed by atoms with Crippen LogP contribution in [0.2, 0.25) is 0 Å². The lowest BCUT2D eigenvalue weighted by atomic mass is 10.1. The summed E-state index contributed by atoms with van der Waals surface area (Å²) in [4.78, 5) is 22.4. The van der Waals surface area contributed by atoms with Crippen molar-refractivity contribution < 1.29 is 9.72 Å². The number of non-ortho nitro benzene ring substituents is 1. The van der Waals surface area contributed by atoms with E-state index >= 15 is 0 Å². The third-order valence-electron chi connectivity index (χ3n) is 3.63. The highest BCUT2D eigenvalue weighted by Crippen LogP contribution is 2.19. The monoisotopic (exact) mass is 321 g/mol. The first-order valence-corrected chi connectivity index (χ1v) is 7.16. The van der Waals surface area contributed by atoms with Gasteiger partial charge in [0.2, 0.25) is 0 Å². The van der Waals surface area contributed by atoms with Gasteiger partial charge in [-0.3, -0.25) is 14.9 Å². The maximum atomic E-state index is 12.3. The predicted octanol–water partition coefficient (Wildman–Crippen LogP) is 3.76. The Hall–Kier alpha value is -3.46. The number of nitro benzene ring substituents is 1. The highest BCUT2D eigenvalue weighted by molar-refractivity contribution is 6.10.